The Bertz CT molecular complexity index is 49.8. The third kappa shape index (κ3) is 17.0. The van der Waals surface area contributed by atoms with Gasteiger partial charge in [0.15, 0.2) is 0 Å². The summed E-state index contributed by atoms with van der Waals surface area (Å²) in [6, 6.07) is 0. The summed E-state index contributed by atoms with van der Waals surface area (Å²) in [5.74, 6) is 0. The van der Waals surface area contributed by atoms with Crippen molar-refractivity contribution in [3.8, 4) is 0 Å². The van der Waals surface area contributed by atoms with Gasteiger partial charge in [-0.05, 0) is 0 Å². The van der Waals surface area contributed by atoms with E-state index in [0.29, 0.717) is 0 Å². The van der Waals surface area contributed by atoms with Crippen molar-refractivity contribution in [3.63, 3.8) is 0 Å². The van der Waals surface area contributed by atoms with Crippen LogP contribution in [0.4, 0.5) is 0 Å². The van der Waals surface area contributed by atoms with Crippen LogP contribution < -0.4 is 0 Å². The van der Waals surface area contributed by atoms with Crippen LogP contribution in [0.25, 0.3) is 6.15 Å². The molecule has 2 N–H and O–H groups in total. The molecule has 0 saturated carbocycles. The zero-order valence-electron chi connectivity index (χ0n) is 8.44. The molecule has 0 bridgehead atoms. The van der Waals surface area contributed by atoms with Crippen LogP contribution in [0, 0.1) is 6.92 Å². The van der Waals surface area contributed by atoms with Gasteiger partial charge in [0.05, 0.1) is 0 Å². The van der Waals surface area contributed by atoms with E-state index in [1.165, 1.54) is 44.9 Å². The van der Waals surface area contributed by atoms with Crippen LogP contribution in [0.2, 0.25) is 0 Å². The molecule has 1 nitrogen and oxygen atoms in total. The Morgan fingerprint density at radius 2 is 1.25 bits per heavy atom. The molecule has 0 spiro atoms. The van der Waals surface area contributed by atoms with E-state index >= 15 is 0 Å². The maximum atomic E-state index is 3.82. The molecule has 2 heteroatoms. The average Bonchev–Trinajstić information content (AvgIpc) is 1.97. The molecule has 0 fully saturated rings. The van der Waals surface area contributed by atoms with Crippen molar-refractivity contribution >= 4 is 0 Å². The minimum Gasteiger partial charge on any atom is -0.693 e. The maximum absolute atomic E-state index is 3.82. The van der Waals surface area contributed by atoms with Crippen LogP contribution in [0.1, 0.15) is 58.3 Å². The third-order valence-electron chi connectivity index (χ3n) is 1.85. The van der Waals surface area contributed by atoms with Gasteiger partial charge >= 0.3 is 21.7 Å². The Kier molecular flexibility index (Phi) is 27.2. The van der Waals surface area contributed by atoms with E-state index in [-0.39, 0.29) is 27.9 Å². The fourth-order valence-corrected chi connectivity index (χ4v) is 1.13. The van der Waals surface area contributed by atoms with Gasteiger partial charge in [-0.15, -0.1) is 0 Å². The molecule has 12 heavy (non-hydrogen) atoms. The second-order valence-electron chi connectivity index (χ2n) is 2.97. The van der Waals surface area contributed by atoms with Crippen LogP contribution in [0.15, 0.2) is 0 Å². The molecule has 0 atom stereocenters. The van der Waals surface area contributed by atoms with Crippen molar-refractivity contribution < 1.29 is 21.7 Å². The van der Waals surface area contributed by atoms with Crippen LogP contribution in [0.5, 0.6) is 0 Å². The SMILES string of the molecule is [CH2-]CCCCCCCCC.[NH2-].[Ti+2]. The zero-order chi connectivity index (χ0) is 7.66. The fraction of sp³-hybridized carbons (Fsp3) is 0.900. The van der Waals surface area contributed by atoms with Gasteiger partial charge in [0, 0.05) is 0 Å². The smallest absolute Gasteiger partial charge is 0.693 e. The minimum atomic E-state index is 0. The Morgan fingerprint density at radius 3 is 1.67 bits per heavy atom. The second kappa shape index (κ2) is 17.7. The molecular formula is C10H23NTi. The van der Waals surface area contributed by atoms with Crippen molar-refractivity contribution in [2.45, 2.75) is 58.3 Å². The third-order valence-corrected chi connectivity index (χ3v) is 1.85. The van der Waals surface area contributed by atoms with Gasteiger partial charge < -0.3 is 13.1 Å². The van der Waals surface area contributed by atoms with E-state index in [1.807, 2.05) is 0 Å². The van der Waals surface area contributed by atoms with Crippen molar-refractivity contribution in [1.29, 1.82) is 0 Å². The summed E-state index contributed by atoms with van der Waals surface area (Å²) in [6.45, 7) is 6.08. The first-order valence-corrected chi connectivity index (χ1v) is 4.71. The summed E-state index contributed by atoms with van der Waals surface area (Å²) in [4.78, 5) is 0. The normalized spacial score (nSPS) is 8.50. The number of rotatable bonds is 7. The van der Waals surface area contributed by atoms with E-state index in [2.05, 4.69) is 13.8 Å². The minimum absolute atomic E-state index is 0. The standard InChI is InChI=1S/C10H21.H2N.Ti/c1-3-5-7-9-10-8-6-4-2;;/h1,3-10H2,2H3;1H2;/q2*-1;+2. The van der Waals surface area contributed by atoms with E-state index in [0.717, 1.165) is 6.42 Å². The van der Waals surface area contributed by atoms with Gasteiger partial charge in [0.25, 0.3) is 0 Å². The predicted molar refractivity (Wildman–Crippen MR) is 53.3 cm³/mol. The Morgan fingerprint density at radius 1 is 0.833 bits per heavy atom. The molecule has 0 aliphatic carbocycles. The molecule has 0 aliphatic rings. The first kappa shape index (κ1) is 18.5. The average molecular weight is 205 g/mol. The largest absolute Gasteiger partial charge is 2.00 e. The second-order valence-corrected chi connectivity index (χ2v) is 2.97. The monoisotopic (exact) mass is 205 g/mol. The summed E-state index contributed by atoms with van der Waals surface area (Å²) in [5.41, 5.74) is 0. The Labute approximate surface area is 93.2 Å². The summed E-state index contributed by atoms with van der Waals surface area (Å²) >= 11 is 0. The van der Waals surface area contributed by atoms with Crippen molar-refractivity contribution in [3.05, 3.63) is 13.1 Å². The molecule has 0 heterocycles. The van der Waals surface area contributed by atoms with E-state index in [9.17, 15) is 0 Å². The quantitative estimate of drug-likeness (QED) is 0.328. The summed E-state index contributed by atoms with van der Waals surface area (Å²) in [7, 11) is 0. The molecule has 0 unspecified atom stereocenters. The molecule has 0 radical (unpaired) electrons. The van der Waals surface area contributed by atoms with Gasteiger partial charge in [-0.1, -0.05) is 51.9 Å². The van der Waals surface area contributed by atoms with E-state index in [1.54, 1.807) is 0 Å². The van der Waals surface area contributed by atoms with Gasteiger partial charge in [-0.25, -0.2) is 0 Å². The van der Waals surface area contributed by atoms with Crippen LogP contribution in [0.3, 0.4) is 0 Å². The Hall–Kier alpha value is 0.674. The maximum Gasteiger partial charge on any atom is 2.00 e. The van der Waals surface area contributed by atoms with Gasteiger partial charge in [0.2, 0.25) is 0 Å². The van der Waals surface area contributed by atoms with Crippen LogP contribution >= 0.6 is 0 Å². The first-order valence-electron chi connectivity index (χ1n) is 4.71. The number of unbranched alkanes of at least 4 members (excludes halogenated alkanes) is 7. The number of hydrogen-bond acceptors (Lipinski definition) is 0. The summed E-state index contributed by atoms with van der Waals surface area (Å²) in [6.07, 6.45) is 10.9. The molecule has 0 amide bonds. The summed E-state index contributed by atoms with van der Waals surface area (Å²) < 4.78 is 0. The first-order chi connectivity index (χ1) is 4.91. The van der Waals surface area contributed by atoms with E-state index < -0.39 is 0 Å². The predicted octanol–water partition coefficient (Wildman–Crippen LogP) is 4.68. The van der Waals surface area contributed by atoms with Crippen molar-refractivity contribution in [2.24, 2.45) is 0 Å². The fourth-order valence-electron chi connectivity index (χ4n) is 1.13. The van der Waals surface area contributed by atoms with Gasteiger partial charge in [-0.3, -0.25) is 0 Å². The molecule has 0 aromatic heterocycles. The molecule has 72 valence electrons. The van der Waals surface area contributed by atoms with Crippen LogP contribution in [-0.2, 0) is 21.7 Å². The van der Waals surface area contributed by atoms with Gasteiger partial charge in [-0.2, -0.15) is 6.42 Å². The van der Waals surface area contributed by atoms with Crippen molar-refractivity contribution in [1.82, 2.24) is 0 Å². The van der Waals surface area contributed by atoms with E-state index in [4.69, 9.17) is 0 Å². The molecule has 0 aliphatic heterocycles. The van der Waals surface area contributed by atoms with Gasteiger partial charge in [0.1, 0.15) is 0 Å². The van der Waals surface area contributed by atoms with Crippen LogP contribution in [-0.4, -0.2) is 0 Å². The topological polar surface area (TPSA) is 33.5 Å². The zero-order valence-corrected chi connectivity index (χ0v) is 10.0. The molecule has 0 rings (SSSR count). The Balaban J connectivity index is -0.000000405. The molecule has 0 saturated heterocycles. The number of nitrogens with two attached hydrogens (primary N) is 1. The van der Waals surface area contributed by atoms with Crippen molar-refractivity contribution in [2.75, 3.05) is 0 Å². The molecular weight excluding hydrogens is 182 g/mol. The summed E-state index contributed by atoms with van der Waals surface area (Å²) in [5, 5.41) is 0. The molecule has 0 aromatic carbocycles. The number of hydrogen-bond donors (Lipinski definition) is 0. The molecule has 0 aromatic rings.